The molecule has 0 aliphatic rings. The van der Waals surface area contributed by atoms with E-state index in [2.05, 4.69) is 48.1 Å². The summed E-state index contributed by atoms with van der Waals surface area (Å²) in [6.45, 7) is 13.6. The minimum atomic E-state index is -0.420. The zero-order valence-electron chi connectivity index (χ0n) is 41.5. The molecular weight excluding hydrogens is 779 g/mol. The van der Waals surface area contributed by atoms with Gasteiger partial charge in [0.2, 0.25) is 11.8 Å². The Balaban J connectivity index is 4.75. The first kappa shape index (κ1) is 60.7. The number of aliphatic hydroxyl groups excluding tert-OH is 4. The first-order valence-corrected chi connectivity index (χ1v) is 26.4. The Morgan fingerprint density at radius 2 is 0.629 bits per heavy atom. The number of carbonyl (C=O) groups excluding carboxylic acids is 2. The van der Waals surface area contributed by atoms with Crippen molar-refractivity contribution in [3.05, 3.63) is 0 Å². The quantitative estimate of drug-likeness (QED) is 0.0330. The number of unbranched alkanes of at least 4 members (excludes halogenated alkanes) is 20. The van der Waals surface area contributed by atoms with Crippen molar-refractivity contribution < 1.29 is 30.0 Å². The van der Waals surface area contributed by atoms with E-state index in [4.69, 9.17) is 0 Å². The fraction of sp³-hybridized carbons (Fsp3) is 0.961. The second-order valence-corrected chi connectivity index (χ2v) is 18.9. The van der Waals surface area contributed by atoms with E-state index < -0.39 is 24.4 Å². The van der Waals surface area contributed by atoms with E-state index in [0.717, 1.165) is 77.0 Å². The number of aliphatic hydroxyl groups is 4. The summed E-state index contributed by atoms with van der Waals surface area (Å²) in [4.78, 5) is 31.7. The molecule has 0 aromatic carbocycles. The third-order valence-corrected chi connectivity index (χ3v) is 12.2. The summed E-state index contributed by atoms with van der Waals surface area (Å²) in [6, 6.07) is 0. The van der Waals surface area contributed by atoms with Crippen LogP contribution in [0.5, 0.6) is 0 Å². The molecule has 4 unspecified atom stereocenters. The largest absolute Gasteiger partial charge is 0.392 e. The van der Waals surface area contributed by atoms with E-state index in [0.29, 0.717) is 65.2 Å². The minimum Gasteiger partial charge on any atom is -0.392 e. The summed E-state index contributed by atoms with van der Waals surface area (Å²) in [5.74, 6) is -0.263. The van der Waals surface area contributed by atoms with Crippen LogP contribution in [-0.2, 0) is 9.59 Å². The Labute approximate surface area is 383 Å². The van der Waals surface area contributed by atoms with Crippen LogP contribution in [0.1, 0.15) is 220 Å². The van der Waals surface area contributed by atoms with E-state index in [-0.39, 0.29) is 24.9 Å². The maximum absolute atomic E-state index is 12.8. The standard InChI is InChI=1S/C51H105N5O6/c1-6-10-14-18-22-26-32-46(57)40-55(41-47(58)33-27-23-19-15-11-7-2)38-30-36-52-50(61)44-54(5)45-51(62)53-37-31-39-56(42-48(59)34-28-24-20-16-12-8-3)43-49(60)35-29-25-21-17-13-9-4/h46-49,57-60H,6-45H2,1-5H3,(H,52,61)(H,53,62). The molecule has 0 fully saturated rings. The molecule has 0 spiro atoms. The van der Waals surface area contributed by atoms with Crippen molar-refractivity contribution in [3.63, 3.8) is 0 Å². The van der Waals surface area contributed by atoms with Crippen molar-refractivity contribution in [2.75, 3.05) is 72.5 Å². The average Bonchev–Trinajstić information content (AvgIpc) is 3.23. The van der Waals surface area contributed by atoms with Crippen LogP contribution in [0.15, 0.2) is 0 Å². The molecule has 62 heavy (non-hydrogen) atoms. The highest BCUT2D eigenvalue weighted by Crippen LogP contribution is 2.15. The van der Waals surface area contributed by atoms with Crippen LogP contribution in [0.2, 0.25) is 0 Å². The van der Waals surface area contributed by atoms with Crippen LogP contribution in [0, 0.1) is 0 Å². The van der Waals surface area contributed by atoms with Gasteiger partial charge in [0.15, 0.2) is 0 Å². The number of hydrogen-bond acceptors (Lipinski definition) is 9. The van der Waals surface area contributed by atoms with Gasteiger partial charge in [-0.05, 0) is 45.6 Å². The second kappa shape index (κ2) is 44.8. The van der Waals surface area contributed by atoms with Crippen molar-refractivity contribution in [1.29, 1.82) is 0 Å². The van der Waals surface area contributed by atoms with Crippen LogP contribution < -0.4 is 10.6 Å². The molecule has 0 heterocycles. The molecule has 4 atom stereocenters. The number of amides is 2. The molecule has 11 heteroatoms. The van der Waals surface area contributed by atoms with Gasteiger partial charge in [0.25, 0.3) is 0 Å². The molecular formula is C51H105N5O6. The molecule has 6 N–H and O–H groups in total. The van der Waals surface area contributed by atoms with Crippen LogP contribution in [0.3, 0.4) is 0 Å². The van der Waals surface area contributed by atoms with E-state index in [1.54, 1.807) is 11.9 Å². The monoisotopic (exact) mass is 884 g/mol. The van der Waals surface area contributed by atoms with Gasteiger partial charge in [-0.1, -0.05) is 182 Å². The van der Waals surface area contributed by atoms with Gasteiger partial charge in [0.05, 0.1) is 37.5 Å². The van der Waals surface area contributed by atoms with Crippen molar-refractivity contribution in [3.8, 4) is 0 Å². The van der Waals surface area contributed by atoms with Gasteiger partial charge in [0, 0.05) is 52.4 Å². The molecule has 0 saturated carbocycles. The van der Waals surface area contributed by atoms with Crippen molar-refractivity contribution in [1.82, 2.24) is 25.3 Å². The van der Waals surface area contributed by atoms with Gasteiger partial charge in [-0.15, -0.1) is 0 Å². The summed E-state index contributed by atoms with van der Waals surface area (Å²) in [7, 11) is 1.77. The summed E-state index contributed by atoms with van der Waals surface area (Å²) >= 11 is 0. The van der Waals surface area contributed by atoms with Crippen molar-refractivity contribution in [2.24, 2.45) is 0 Å². The third kappa shape index (κ3) is 41.4. The van der Waals surface area contributed by atoms with Crippen molar-refractivity contribution >= 4 is 11.8 Å². The minimum absolute atomic E-state index is 0.117. The predicted octanol–water partition coefficient (Wildman–Crippen LogP) is 8.98. The second-order valence-electron chi connectivity index (χ2n) is 18.9. The molecule has 0 aromatic heterocycles. The normalized spacial score (nSPS) is 13.9. The smallest absolute Gasteiger partial charge is 0.234 e. The maximum atomic E-state index is 12.8. The molecule has 2 amide bonds. The summed E-state index contributed by atoms with van der Waals surface area (Å²) < 4.78 is 0. The Hall–Kier alpha value is -1.34. The highest BCUT2D eigenvalue weighted by atomic mass is 16.3. The predicted molar refractivity (Wildman–Crippen MR) is 262 cm³/mol. The van der Waals surface area contributed by atoms with Crippen LogP contribution in [0.25, 0.3) is 0 Å². The molecule has 0 radical (unpaired) electrons. The van der Waals surface area contributed by atoms with Crippen molar-refractivity contribution in [2.45, 2.75) is 245 Å². The summed E-state index contributed by atoms with van der Waals surface area (Å²) in [5.41, 5.74) is 0. The fourth-order valence-corrected chi connectivity index (χ4v) is 8.43. The molecule has 0 bridgehead atoms. The fourth-order valence-electron chi connectivity index (χ4n) is 8.43. The first-order valence-electron chi connectivity index (χ1n) is 26.4. The SMILES string of the molecule is CCCCCCCCC(O)CN(CCCNC(=O)CN(C)CC(=O)NCCCN(CC(O)CCCCCCCC)CC(O)CCCCCCCC)CC(O)CCCCCCCC. The van der Waals surface area contributed by atoms with Gasteiger partial charge < -0.3 is 31.1 Å². The molecule has 0 aliphatic heterocycles. The molecule has 0 rings (SSSR count). The topological polar surface area (TPSA) is 149 Å². The van der Waals surface area contributed by atoms with E-state index in [9.17, 15) is 30.0 Å². The summed E-state index contributed by atoms with van der Waals surface area (Å²) in [6.07, 6.45) is 31.5. The Morgan fingerprint density at radius 1 is 0.387 bits per heavy atom. The van der Waals surface area contributed by atoms with Crippen LogP contribution >= 0.6 is 0 Å². The zero-order valence-corrected chi connectivity index (χ0v) is 41.5. The van der Waals surface area contributed by atoms with Gasteiger partial charge >= 0.3 is 0 Å². The Kier molecular flexibility index (Phi) is 43.9. The van der Waals surface area contributed by atoms with E-state index in [1.165, 1.54) is 103 Å². The molecule has 0 saturated heterocycles. The number of likely N-dealkylation sites (N-methyl/N-ethyl adjacent to an activating group) is 1. The lowest BCUT2D eigenvalue weighted by Crippen LogP contribution is -2.43. The first-order chi connectivity index (χ1) is 30.0. The highest BCUT2D eigenvalue weighted by Gasteiger charge is 2.18. The summed E-state index contributed by atoms with van der Waals surface area (Å²) in [5, 5.41) is 49.4. The van der Waals surface area contributed by atoms with Crippen LogP contribution in [-0.4, -0.2) is 144 Å². The average molecular weight is 884 g/mol. The molecule has 370 valence electrons. The van der Waals surface area contributed by atoms with E-state index >= 15 is 0 Å². The molecule has 11 nitrogen and oxygen atoms in total. The zero-order chi connectivity index (χ0) is 45.9. The maximum Gasteiger partial charge on any atom is 0.234 e. The lowest BCUT2D eigenvalue weighted by atomic mass is 10.1. The van der Waals surface area contributed by atoms with Crippen LogP contribution in [0.4, 0.5) is 0 Å². The lowest BCUT2D eigenvalue weighted by molar-refractivity contribution is -0.124. The molecule has 0 aromatic rings. The Bertz CT molecular complexity index is 857. The van der Waals surface area contributed by atoms with Gasteiger partial charge in [0.1, 0.15) is 0 Å². The van der Waals surface area contributed by atoms with E-state index in [1.807, 2.05) is 0 Å². The molecule has 0 aliphatic carbocycles. The third-order valence-electron chi connectivity index (χ3n) is 12.2. The van der Waals surface area contributed by atoms with Gasteiger partial charge in [-0.3, -0.25) is 24.3 Å². The Morgan fingerprint density at radius 3 is 0.887 bits per heavy atom. The number of hydrogen-bond donors (Lipinski definition) is 6. The van der Waals surface area contributed by atoms with Gasteiger partial charge in [-0.2, -0.15) is 0 Å². The highest BCUT2D eigenvalue weighted by molar-refractivity contribution is 5.81. The lowest BCUT2D eigenvalue weighted by Gasteiger charge is -2.27. The number of rotatable bonds is 48. The number of nitrogens with one attached hydrogen (secondary N) is 2. The van der Waals surface area contributed by atoms with Gasteiger partial charge in [-0.25, -0.2) is 0 Å². The number of nitrogens with zero attached hydrogens (tertiary/aromatic N) is 3. The number of carbonyl (C=O) groups is 2.